The van der Waals surface area contributed by atoms with Gasteiger partial charge in [0.25, 0.3) is 0 Å². The van der Waals surface area contributed by atoms with E-state index < -0.39 is 0 Å². The van der Waals surface area contributed by atoms with E-state index >= 15 is 0 Å². The zero-order valence-electron chi connectivity index (χ0n) is 12.9. The molecule has 0 bridgehead atoms. The predicted octanol–water partition coefficient (Wildman–Crippen LogP) is 3.45. The average Bonchev–Trinajstić information content (AvgIpc) is 2.39. The molecule has 0 radical (unpaired) electrons. The van der Waals surface area contributed by atoms with E-state index in [-0.39, 0.29) is 0 Å². The highest BCUT2D eigenvalue weighted by Gasteiger charge is 2.03. The topological polar surface area (TPSA) is 28.2 Å². The van der Waals surface area contributed by atoms with E-state index in [0.29, 0.717) is 5.92 Å². The molecule has 0 aliphatic heterocycles. The Morgan fingerprint density at radius 3 is 2.74 bits per heavy atom. The molecule has 0 aromatic carbocycles. The molecule has 0 atom stereocenters. The summed E-state index contributed by atoms with van der Waals surface area (Å²) in [5.74, 6) is 1.76. The number of hydrogen-bond acceptors (Lipinski definition) is 3. The van der Waals surface area contributed by atoms with Gasteiger partial charge in [0.2, 0.25) is 0 Å². The number of pyridine rings is 1. The highest BCUT2D eigenvalue weighted by Crippen LogP contribution is 2.11. The molecule has 1 rings (SSSR count). The summed E-state index contributed by atoms with van der Waals surface area (Å²) < 4.78 is 0. The minimum absolute atomic E-state index is 0.680. The van der Waals surface area contributed by atoms with Gasteiger partial charge in [-0.3, -0.25) is 0 Å². The van der Waals surface area contributed by atoms with E-state index in [9.17, 15) is 0 Å². The summed E-state index contributed by atoms with van der Waals surface area (Å²) in [6.45, 7) is 9.66. The summed E-state index contributed by atoms with van der Waals surface area (Å²) in [7, 11) is 2.13. The summed E-state index contributed by atoms with van der Waals surface area (Å²) in [6.07, 6.45) is 3.80. The maximum Gasteiger partial charge on any atom is 0.128 e. The Morgan fingerprint density at radius 1 is 1.26 bits per heavy atom. The van der Waals surface area contributed by atoms with Crippen molar-refractivity contribution in [3.8, 4) is 0 Å². The van der Waals surface area contributed by atoms with E-state index in [4.69, 9.17) is 4.98 Å². The molecule has 1 aromatic heterocycles. The first kappa shape index (κ1) is 16.0. The molecular formula is C16H29N3. The Kier molecular flexibility index (Phi) is 7.49. The van der Waals surface area contributed by atoms with E-state index in [1.807, 2.05) is 0 Å². The molecule has 0 fully saturated rings. The van der Waals surface area contributed by atoms with Crippen LogP contribution in [0.15, 0.2) is 18.2 Å². The van der Waals surface area contributed by atoms with E-state index in [1.165, 1.54) is 19.3 Å². The Balaban J connectivity index is 2.46. The fraction of sp³-hybridized carbons (Fsp3) is 0.688. The molecule has 0 saturated heterocycles. The number of rotatable bonds is 9. The number of unbranched alkanes of at least 4 members (excludes halogenated alkanes) is 2. The largest absolute Gasteiger partial charge is 0.360 e. The van der Waals surface area contributed by atoms with Gasteiger partial charge < -0.3 is 10.2 Å². The van der Waals surface area contributed by atoms with Crippen molar-refractivity contribution in [3.05, 3.63) is 23.9 Å². The number of nitrogens with one attached hydrogen (secondary N) is 1. The third-order valence-electron chi connectivity index (χ3n) is 3.14. The second kappa shape index (κ2) is 8.92. The van der Waals surface area contributed by atoms with Gasteiger partial charge >= 0.3 is 0 Å². The van der Waals surface area contributed by atoms with Crippen LogP contribution < -0.4 is 10.2 Å². The molecule has 0 aliphatic rings. The average molecular weight is 263 g/mol. The van der Waals surface area contributed by atoms with Crippen LogP contribution >= 0.6 is 0 Å². The lowest BCUT2D eigenvalue weighted by atomic mass is 10.2. The molecular weight excluding hydrogens is 234 g/mol. The third-order valence-corrected chi connectivity index (χ3v) is 3.14. The van der Waals surface area contributed by atoms with Crippen molar-refractivity contribution in [2.45, 2.75) is 46.6 Å². The zero-order chi connectivity index (χ0) is 14.1. The summed E-state index contributed by atoms with van der Waals surface area (Å²) >= 11 is 0. The van der Waals surface area contributed by atoms with Crippen LogP contribution in [0.4, 0.5) is 5.82 Å². The van der Waals surface area contributed by atoms with Gasteiger partial charge in [-0.05, 0) is 31.0 Å². The van der Waals surface area contributed by atoms with Gasteiger partial charge in [0.15, 0.2) is 0 Å². The standard InChI is InChI=1S/C16H29N3/c1-5-6-7-11-19(4)16-10-8-9-15(18-16)13-17-12-14(2)3/h8-10,14,17H,5-7,11-13H2,1-4H3. The molecule has 0 aliphatic carbocycles. The molecule has 0 spiro atoms. The number of aromatic nitrogens is 1. The van der Waals surface area contributed by atoms with Crippen LogP contribution in [-0.4, -0.2) is 25.1 Å². The van der Waals surface area contributed by atoms with E-state index in [2.05, 4.69) is 56.2 Å². The van der Waals surface area contributed by atoms with E-state index in [0.717, 1.165) is 31.1 Å². The molecule has 19 heavy (non-hydrogen) atoms. The van der Waals surface area contributed by atoms with Crippen molar-refractivity contribution in [2.75, 3.05) is 25.0 Å². The Bertz CT molecular complexity index is 350. The summed E-state index contributed by atoms with van der Waals surface area (Å²) in [5.41, 5.74) is 1.13. The normalized spacial score (nSPS) is 11.0. The maximum absolute atomic E-state index is 4.71. The van der Waals surface area contributed by atoms with Gasteiger partial charge in [-0.25, -0.2) is 4.98 Å². The monoisotopic (exact) mass is 263 g/mol. The zero-order valence-corrected chi connectivity index (χ0v) is 12.9. The van der Waals surface area contributed by atoms with Crippen molar-refractivity contribution < 1.29 is 0 Å². The number of nitrogens with zero attached hydrogens (tertiary/aromatic N) is 2. The van der Waals surface area contributed by atoms with Crippen molar-refractivity contribution in [1.29, 1.82) is 0 Å². The summed E-state index contributed by atoms with van der Waals surface area (Å²) in [5, 5.41) is 3.44. The summed E-state index contributed by atoms with van der Waals surface area (Å²) in [4.78, 5) is 6.96. The van der Waals surface area contributed by atoms with Crippen LogP contribution in [-0.2, 0) is 6.54 Å². The van der Waals surface area contributed by atoms with Crippen LogP contribution in [0.1, 0.15) is 45.7 Å². The smallest absolute Gasteiger partial charge is 0.128 e. The SMILES string of the molecule is CCCCCN(C)c1cccc(CNCC(C)C)n1. The van der Waals surface area contributed by atoms with E-state index in [1.54, 1.807) is 0 Å². The molecule has 1 N–H and O–H groups in total. The number of hydrogen-bond donors (Lipinski definition) is 1. The highest BCUT2D eigenvalue weighted by atomic mass is 15.2. The molecule has 1 aromatic rings. The number of anilines is 1. The first-order valence-corrected chi connectivity index (χ1v) is 7.51. The molecule has 3 heteroatoms. The predicted molar refractivity (Wildman–Crippen MR) is 83.6 cm³/mol. The second-order valence-electron chi connectivity index (χ2n) is 5.64. The minimum Gasteiger partial charge on any atom is -0.360 e. The van der Waals surface area contributed by atoms with Crippen LogP contribution in [0.2, 0.25) is 0 Å². The van der Waals surface area contributed by atoms with Gasteiger partial charge in [-0.1, -0.05) is 39.7 Å². The Hall–Kier alpha value is -1.09. The van der Waals surface area contributed by atoms with Crippen molar-refractivity contribution >= 4 is 5.82 Å². The van der Waals surface area contributed by atoms with Crippen molar-refractivity contribution in [2.24, 2.45) is 5.92 Å². The second-order valence-corrected chi connectivity index (χ2v) is 5.64. The highest BCUT2D eigenvalue weighted by molar-refractivity contribution is 5.38. The quantitative estimate of drug-likeness (QED) is 0.692. The first-order valence-electron chi connectivity index (χ1n) is 7.51. The molecule has 0 amide bonds. The van der Waals surface area contributed by atoms with Gasteiger partial charge in [-0.15, -0.1) is 0 Å². The molecule has 1 heterocycles. The van der Waals surface area contributed by atoms with Gasteiger partial charge in [0.05, 0.1) is 5.69 Å². The molecule has 0 saturated carbocycles. The van der Waals surface area contributed by atoms with Gasteiger partial charge in [-0.2, -0.15) is 0 Å². The molecule has 108 valence electrons. The van der Waals surface area contributed by atoms with Gasteiger partial charge in [0, 0.05) is 20.1 Å². The van der Waals surface area contributed by atoms with Crippen LogP contribution in [0, 0.1) is 5.92 Å². The fourth-order valence-corrected chi connectivity index (χ4v) is 1.98. The first-order chi connectivity index (χ1) is 9.13. The fourth-order valence-electron chi connectivity index (χ4n) is 1.98. The van der Waals surface area contributed by atoms with Crippen molar-refractivity contribution in [3.63, 3.8) is 0 Å². The van der Waals surface area contributed by atoms with Crippen LogP contribution in [0.3, 0.4) is 0 Å². The van der Waals surface area contributed by atoms with Crippen LogP contribution in [0.25, 0.3) is 0 Å². The van der Waals surface area contributed by atoms with Crippen LogP contribution in [0.5, 0.6) is 0 Å². The van der Waals surface area contributed by atoms with Crippen molar-refractivity contribution in [1.82, 2.24) is 10.3 Å². The Labute approximate surface area is 118 Å². The molecule has 3 nitrogen and oxygen atoms in total. The maximum atomic E-state index is 4.71. The minimum atomic E-state index is 0.680. The lowest BCUT2D eigenvalue weighted by Gasteiger charge is -2.18. The lowest BCUT2D eigenvalue weighted by Crippen LogP contribution is -2.22. The summed E-state index contributed by atoms with van der Waals surface area (Å²) in [6, 6.07) is 6.29. The van der Waals surface area contributed by atoms with Gasteiger partial charge in [0.1, 0.15) is 5.82 Å². The Morgan fingerprint density at radius 2 is 2.05 bits per heavy atom. The molecule has 0 unspecified atom stereocenters. The third kappa shape index (κ3) is 6.58. The lowest BCUT2D eigenvalue weighted by molar-refractivity contribution is 0.548.